The van der Waals surface area contributed by atoms with Gasteiger partial charge in [-0.05, 0) is 42.9 Å². The molecular formula is C43H36N6. The van der Waals surface area contributed by atoms with E-state index in [4.69, 9.17) is 24.9 Å². The smallest absolute Gasteiger partial charge is 0.169 e. The van der Waals surface area contributed by atoms with E-state index in [0.29, 0.717) is 17.5 Å². The van der Waals surface area contributed by atoms with Crippen molar-refractivity contribution in [2.45, 2.75) is 32.4 Å². The maximum Gasteiger partial charge on any atom is 0.169 e. The van der Waals surface area contributed by atoms with E-state index in [1.165, 1.54) is 0 Å². The molecule has 2 aliphatic carbocycles. The second-order valence-electron chi connectivity index (χ2n) is 12.7. The molecule has 0 amide bonds. The molecule has 0 bridgehead atoms. The van der Waals surface area contributed by atoms with Crippen LogP contribution in [0.25, 0.3) is 39.5 Å². The topological polar surface area (TPSA) is 75.4 Å². The molecule has 8 rings (SSSR count). The highest BCUT2D eigenvalue weighted by atomic mass is 15.2. The number of rotatable bonds is 7. The Hall–Kier alpha value is -6.01. The highest BCUT2D eigenvalue weighted by molar-refractivity contribution is 6.12. The number of nitrogens with zero attached hydrogens (tertiary/aromatic N) is 5. The highest BCUT2D eigenvalue weighted by Gasteiger charge is 2.32. The Morgan fingerprint density at radius 2 is 1.20 bits per heavy atom. The van der Waals surface area contributed by atoms with Crippen LogP contribution in [0.1, 0.15) is 49.3 Å². The Balaban J connectivity index is 1.07. The minimum Gasteiger partial charge on any atom is -0.328 e. The van der Waals surface area contributed by atoms with Gasteiger partial charge in [-0.2, -0.15) is 0 Å². The number of hydrogen-bond donors (Lipinski definition) is 1. The number of allylic oxidation sites excluding steroid dienone is 7. The second kappa shape index (κ2) is 13.2. The van der Waals surface area contributed by atoms with Gasteiger partial charge in [-0.25, -0.2) is 24.9 Å². The summed E-state index contributed by atoms with van der Waals surface area (Å²) in [6, 6.07) is 37.4. The molecule has 2 heterocycles. The molecule has 5 aromatic rings. The van der Waals surface area contributed by atoms with Gasteiger partial charge >= 0.3 is 0 Å². The molecule has 4 aromatic carbocycles. The van der Waals surface area contributed by atoms with Crippen LogP contribution in [-0.4, -0.2) is 26.6 Å². The number of aliphatic imine (C=N–C) groups is 2. The fourth-order valence-electron chi connectivity index (χ4n) is 6.33. The monoisotopic (exact) mass is 636 g/mol. The predicted octanol–water partition coefficient (Wildman–Crippen LogP) is 9.58. The van der Waals surface area contributed by atoms with E-state index in [2.05, 4.69) is 115 Å². The minimum atomic E-state index is -0.306. The van der Waals surface area contributed by atoms with E-state index < -0.39 is 0 Å². The summed E-state index contributed by atoms with van der Waals surface area (Å²) in [6.07, 6.45) is 17.7. The Bertz CT molecular complexity index is 2160. The number of aromatic nitrogens is 3. The summed E-state index contributed by atoms with van der Waals surface area (Å²) in [5, 5.41) is 3.60. The van der Waals surface area contributed by atoms with Crippen LogP contribution in [0.3, 0.4) is 0 Å². The summed E-state index contributed by atoms with van der Waals surface area (Å²) in [5.41, 5.74) is 7.04. The third kappa shape index (κ3) is 6.46. The van der Waals surface area contributed by atoms with Crippen molar-refractivity contribution in [2.24, 2.45) is 15.4 Å². The van der Waals surface area contributed by atoms with Gasteiger partial charge in [0.05, 0.1) is 0 Å². The summed E-state index contributed by atoms with van der Waals surface area (Å²) in [6.45, 7) is 2.22. The molecule has 2 atom stereocenters. The number of amidine groups is 2. The second-order valence-corrected chi connectivity index (χ2v) is 12.7. The average molecular weight is 637 g/mol. The van der Waals surface area contributed by atoms with Crippen LogP contribution in [0.2, 0.25) is 0 Å². The normalized spacial score (nSPS) is 19.9. The molecule has 6 nitrogen and oxygen atoms in total. The van der Waals surface area contributed by atoms with Crippen molar-refractivity contribution in [2.75, 3.05) is 0 Å². The summed E-state index contributed by atoms with van der Waals surface area (Å²) in [5.74, 6) is 3.79. The van der Waals surface area contributed by atoms with Crippen molar-refractivity contribution in [3.63, 3.8) is 0 Å². The number of hydrogen-bond acceptors (Lipinski definition) is 6. The fourth-order valence-corrected chi connectivity index (χ4v) is 6.33. The maximum atomic E-state index is 5.09. The lowest BCUT2D eigenvalue weighted by Gasteiger charge is -2.33. The van der Waals surface area contributed by atoms with Crippen LogP contribution >= 0.6 is 0 Å². The number of benzene rings is 4. The van der Waals surface area contributed by atoms with Crippen LogP contribution in [0.5, 0.6) is 0 Å². The van der Waals surface area contributed by atoms with Crippen molar-refractivity contribution >= 4 is 17.2 Å². The average Bonchev–Trinajstić information content (AvgIpc) is 3.19. The molecule has 1 aliphatic heterocycles. The molecule has 49 heavy (non-hydrogen) atoms. The molecule has 6 heteroatoms. The first kappa shape index (κ1) is 30.3. The summed E-state index contributed by atoms with van der Waals surface area (Å²) < 4.78 is 0. The molecule has 1 aromatic heterocycles. The largest absolute Gasteiger partial charge is 0.328 e. The minimum absolute atomic E-state index is 0.226. The van der Waals surface area contributed by atoms with Gasteiger partial charge in [0.1, 0.15) is 11.7 Å². The molecule has 0 radical (unpaired) electrons. The zero-order chi connectivity index (χ0) is 33.0. The van der Waals surface area contributed by atoms with E-state index in [1.807, 2.05) is 48.5 Å². The van der Waals surface area contributed by atoms with Crippen molar-refractivity contribution in [3.8, 4) is 33.9 Å². The molecule has 1 N–H and O–H groups in total. The first-order chi connectivity index (χ1) is 24.1. The lowest BCUT2D eigenvalue weighted by Crippen LogP contribution is -2.44. The van der Waals surface area contributed by atoms with Gasteiger partial charge in [-0.3, -0.25) is 0 Å². The fraction of sp³-hybridized carbons (Fsp3) is 0.140. The lowest BCUT2D eigenvalue weighted by molar-refractivity contribution is 0.570. The Morgan fingerprint density at radius 3 is 1.84 bits per heavy atom. The molecule has 0 saturated carbocycles. The zero-order valence-electron chi connectivity index (χ0n) is 27.4. The van der Waals surface area contributed by atoms with Gasteiger partial charge in [0, 0.05) is 27.7 Å². The van der Waals surface area contributed by atoms with Gasteiger partial charge in [-0.1, -0.05) is 152 Å². The van der Waals surface area contributed by atoms with Crippen molar-refractivity contribution in [1.29, 1.82) is 0 Å². The van der Waals surface area contributed by atoms with E-state index in [-0.39, 0.29) is 11.6 Å². The van der Waals surface area contributed by atoms with Crippen LogP contribution in [-0.2, 0) is 0 Å². The Morgan fingerprint density at radius 1 is 0.592 bits per heavy atom. The van der Waals surface area contributed by atoms with Gasteiger partial charge in [0.25, 0.3) is 0 Å². The summed E-state index contributed by atoms with van der Waals surface area (Å²) >= 11 is 0. The quantitative estimate of drug-likeness (QED) is 0.193. The molecular weight excluding hydrogens is 601 g/mol. The van der Waals surface area contributed by atoms with E-state index in [9.17, 15) is 0 Å². The maximum absolute atomic E-state index is 5.09. The van der Waals surface area contributed by atoms with Crippen LogP contribution in [0.15, 0.2) is 162 Å². The molecule has 0 fully saturated rings. The van der Waals surface area contributed by atoms with Gasteiger partial charge < -0.3 is 5.32 Å². The first-order valence-corrected chi connectivity index (χ1v) is 16.8. The van der Waals surface area contributed by atoms with Gasteiger partial charge in [-0.15, -0.1) is 0 Å². The summed E-state index contributed by atoms with van der Waals surface area (Å²) in [7, 11) is 0. The third-order valence-electron chi connectivity index (χ3n) is 9.19. The Labute approximate surface area is 287 Å². The highest BCUT2D eigenvalue weighted by Crippen LogP contribution is 2.34. The Kier molecular flexibility index (Phi) is 8.20. The van der Waals surface area contributed by atoms with E-state index >= 15 is 0 Å². The zero-order valence-corrected chi connectivity index (χ0v) is 27.4. The van der Waals surface area contributed by atoms with Crippen molar-refractivity contribution in [3.05, 3.63) is 169 Å². The van der Waals surface area contributed by atoms with Crippen molar-refractivity contribution in [1.82, 2.24) is 20.3 Å². The first-order valence-electron chi connectivity index (χ1n) is 16.8. The van der Waals surface area contributed by atoms with E-state index in [1.54, 1.807) is 0 Å². The lowest BCUT2D eigenvalue weighted by atomic mass is 9.82. The standard InChI is InChI=1S/C43H36N6/c1-43(28-12-5-13-29-43)42-48-40(34-18-10-4-11-19-34)47-41(49-42)36-26-22-31(23-27-36)30-20-24-35(25-21-30)39-45-37(32-14-6-2-7-15-32)44-38(46-39)33-16-8-3-9-17-33/h2,4-8,10-28,40H,3,9,29H2,1H3,(H,47,48,49). The molecule has 0 spiro atoms. The van der Waals surface area contributed by atoms with Gasteiger partial charge in [0.2, 0.25) is 0 Å². The predicted molar refractivity (Wildman–Crippen MR) is 200 cm³/mol. The number of nitrogens with one attached hydrogen (secondary N) is 1. The van der Waals surface area contributed by atoms with Crippen molar-refractivity contribution < 1.29 is 0 Å². The van der Waals surface area contributed by atoms with Crippen LogP contribution in [0.4, 0.5) is 0 Å². The molecule has 2 unspecified atom stereocenters. The molecule has 3 aliphatic rings. The van der Waals surface area contributed by atoms with E-state index in [0.717, 1.165) is 69.9 Å². The molecule has 238 valence electrons. The van der Waals surface area contributed by atoms with Gasteiger partial charge in [0.15, 0.2) is 23.6 Å². The SMILES string of the molecule is CC1(C2=NC(c3ccccc3)N=C(c3ccc(-c4ccc(-c5nc(C6=CCCC=C6)nc(-c6ccccc6)n5)cc4)cc3)N2)C=CC=CC1. The third-order valence-corrected chi connectivity index (χ3v) is 9.19. The molecule has 0 saturated heterocycles. The van der Waals surface area contributed by atoms with Crippen LogP contribution in [0, 0.1) is 5.41 Å². The van der Waals surface area contributed by atoms with Crippen LogP contribution < -0.4 is 5.32 Å². The summed E-state index contributed by atoms with van der Waals surface area (Å²) in [4.78, 5) is 24.8.